The summed E-state index contributed by atoms with van der Waals surface area (Å²) in [6, 6.07) is 8.93. The van der Waals surface area contributed by atoms with Crippen molar-refractivity contribution in [3.63, 3.8) is 0 Å². The maximum absolute atomic E-state index is 11.3. The van der Waals surface area contributed by atoms with Gasteiger partial charge in [0, 0.05) is 22.3 Å². The molecule has 1 nitrogen and oxygen atoms in total. The lowest BCUT2D eigenvalue weighted by Crippen LogP contribution is -2.17. The van der Waals surface area contributed by atoms with Crippen LogP contribution in [-0.2, 0) is 10.8 Å². The topological polar surface area (TPSA) is 17.1 Å². The van der Waals surface area contributed by atoms with E-state index in [1.54, 1.807) is 0 Å². The first-order valence-electron chi connectivity index (χ1n) is 6.11. The highest BCUT2D eigenvalue weighted by atomic mass is 32.2. The summed E-state index contributed by atoms with van der Waals surface area (Å²) in [5.41, 5.74) is 2.87. The lowest BCUT2D eigenvalue weighted by atomic mass is 9.90. The van der Waals surface area contributed by atoms with Gasteiger partial charge in [-0.25, -0.2) is 0 Å². The second-order valence-electron chi connectivity index (χ2n) is 4.95. The van der Waals surface area contributed by atoms with Crippen molar-refractivity contribution >= 4 is 10.8 Å². The molecule has 0 atom stereocenters. The van der Waals surface area contributed by atoms with Crippen molar-refractivity contribution in [2.45, 2.75) is 38.5 Å². The largest absolute Gasteiger partial charge is 0.260 e. The van der Waals surface area contributed by atoms with Crippen molar-refractivity contribution in [3.8, 4) is 0 Å². The van der Waals surface area contributed by atoms with Crippen LogP contribution in [0, 0.1) is 0 Å². The van der Waals surface area contributed by atoms with E-state index in [4.69, 9.17) is 0 Å². The third kappa shape index (κ3) is 2.73. The van der Waals surface area contributed by atoms with Crippen LogP contribution in [0.15, 0.2) is 24.3 Å². The summed E-state index contributed by atoms with van der Waals surface area (Å²) in [6.45, 7) is 4.46. The van der Waals surface area contributed by atoms with Crippen LogP contribution in [0.5, 0.6) is 0 Å². The molecule has 0 radical (unpaired) electrons. The van der Waals surface area contributed by atoms with Crippen molar-refractivity contribution in [1.82, 2.24) is 0 Å². The normalized spacial score (nSPS) is 25.9. The molecule has 0 unspecified atom stereocenters. The van der Waals surface area contributed by atoms with Gasteiger partial charge in [-0.3, -0.25) is 4.21 Å². The van der Waals surface area contributed by atoms with Gasteiger partial charge in [0.1, 0.15) is 0 Å². The zero-order valence-electron chi connectivity index (χ0n) is 10.1. The summed E-state index contributed by atoms with van der Waals surface area (Å²) in [5, 5.41) is 0. The van der Waals surface area contributed by atoms with Gasteiger partial charge in [0.25, 0.3) is 0 Å². The molecule has 88 valence electrons. The molecule has 1 aliphatic heterocycles. The molecule has 1 aliphatic rings. The van der Waals surface area contributed by atoms with Gasteiger partial charge in [-0.2, -0.15) is 0 Å². The predicted octanol–water partition coefficient (Wildman–Crippen LogP) is 3.44. The zero-order valence-corrected chi connectivity index (χ0v) is 10.9. The Hall–Kier alpha value is -0.630. The van der Waals surface area contributed by atoms with Crippen molar-refractivity contribution in [1.29, 1.82) is 0 Å². The fraction of sp³-hybridized carbons (Fsp3) is 0.571. The Balaban J connectivity index is 2.14. The molecule has 0 amide bonds. The van der Waals surface area contributed by atoms with E-state index in [0.717, 1.165) is 24.3 Å². The molecule has 1 aromatic rings. The van der Waals surface area contributed by atoms with E-state index in [1.165, 1.54) is 11.1 Å². The second kappa shape index (κ2) is 5.13. The van der Waals surface area contributed by atoms with Gasteiger partial charge in [-0.1, -0.05) is 38.1 Å². The Labute approximate surface area is 101 Å². The SMILES string of the molecule is CC(C)c1cccc(C2CCS(=O)CC2)c1. The fourth-order valence-electron chi connectivity index (χ4n) is 2.30. The van der Waals surface area contributed by atoms with E-state index in [2.05, 4.69) is 38.1 Å². The van der Waals surface area contributed by atoms with Crippen LogP contribution in [0.2, 0.25) is 0 Å². The van der Waals surface area contributed by atoms with E-state index in [9.17, 15) is 4.21 Å². The Morgan fingerprint density at radius 3 is 2.56 bits per heavy atom. The summed E-state index contributed by atoms with van der Waals surface area (Å²) in [4.78, 5) is 0. The first-order valence-corrected chi connectivity index (χ1v) is 7.60. The second-order valence-corrected chi connectivity index (χ2v) is 6.64. The molecule has 16 heavy (non-hydrogen) atoms. The van der Waals surface area contributed by atoms with Gasteiger partial charge in [0.2, 0.25) is 0 Å². The van der Waals surface area contributed by atoms with Crippen LogP contribution < -0.4 is 0 Å². The lowest BCUT2D eigenvalue weighted by Gasteiger charge is -2.22. The molecule has 0 aromatic heterocycles. The third-order valence-electron chi connectivity index (χ3n) is 3.44. The van der Waals surface area contributed by atoms with Crippen LogP contribution in [0.25, 0.3) is 0 Å². The zero-order chi connectivity index (χ0) is 11.5. The highest BCUT2D eigenvalue weighted by Crippen LogP contribution is 2.29. The number of hydrogen-bond donors (Lipinski definition) is 0. The van der Waals surface area contributed by atoms with Crippen LogP contribution in [-0.4, -0.2) is 15.7 Å². The average molecular weight is 236 g/mol. The quantitative estimate of drug-likeness (QED) is 0.769. The number of rotatable bonds is 2. The average Bonchev–Trinajstić information content (AvgIpc) is 2.30. The van der Waals surface area contributed by atoms with Crippen molar-refractivity contribution in [2.75, 3.05) is 11.5 Å². The van der Waals surface area contributed by atoms with E-state index in [1.807, 2.05) is 0 Å². The molecular formula is C14H20OS. The van der Waals surface area contributed by atoms with Gasteiger partial charge in [0.15, 0.2) is 0 Å². The maximum Gasteiger partial charge on any atom is 0.0240 e. The number of benzene rings is 1. The Kier molecular flexibility index (Phi) is 3.80. The highest BCUT2D eigenvalue weighted by molar-refractivity contribution is 7.85. The van der Waals surface area contributed by atoms with Gasteiger partial charge in [-0.15, -0.1) is 0 Å². The van der Waals surface area contributed by atoms with Crippen LogP contribution in [0.3, 0.4) is 0 Å². The molecule has 0 spiro atoms. The Morgan fingerprint density at radius 2 is 1.94 bits per heavy atom. The van der Waals surface area contributed by atoms with Crippen LogP contribution >= 0.6 is 0 Å². The van der Waals surface area contributed by atoms with Crippen molar-refractivity contribution in [2.24, 2.45) is 0 Å². The van der Waals surface area contributed by atoms with Gasteiger partial charge >= 0.3 is 0 Å². The predicted molar refractivity (Wildman–Crippen MR) is 70.4 cm³/mol. The Morgan fingerprint density at radius 1 is 1.25 bits per heavy atom. The molecule has 1 saturated heterocycles. The maximum atomic E-state index is 11.3. The standard InChI is InChI=1S/C14H20OS/c1-11(2)13-4-3-5-14(10-13)12-6-8-16(15)9-7-12/h3-5,10-12H,6-9H2,1-2H3. The van der Waals surface area contributed by atoms with Gasteiger partial charge in [0.05, 0.1) is 0 Å². The monoisotopic (exact) mass is 236 g/mol. The van der Waals surface area contributed by atoms with Crippen LogP contribution in [0.1, 0.15) is 49.7 Å². The molecule has 1 aromatic carbocycles. The third-order valence-corrected chi connectivity index (χ3v) is 4.82. The Bertz CT molecular complexity index is 374. The van der Waals surface area contributed by atoms with Gasteiger partial charge in [-0.05, 0) is 35.8 Å². The molecule has 1 heterocycles. The molecule has 1 fully saturated rings. The summed E-state index contributed by atoms with van der Waals surface area (Å²) in [5.74, 6) is 3.00. The molecule has 2 rings (SSSR count). The summed E-state index contributed by atoms with van der Waals surface area (Å²) < 4.78 is 11.3. The minimum atomic E-state index is -0.549. The van der Waals surface area contributed by atoms with Crippen molar-refractivity contribution < 1.29 is 4.21 Å². The van der Waals surface area contributed by atoms with Crippen LogP contribution in [0.4, 0.5) is 0 Å². The van der Waals surface area contributed by atoms with E-state index < -0.39 is 10.8 Å². The first-order chi connectivity index (χ1) is 7.66. The first kappa shape index (κ1) is 11.8. The van der Waals surface area contributed by atoms with E-state index in [-0.39, 0.29) is 0 Å². The van der Waals surface area contributed by atoms with Crippen molar-refractivity contribution in [3.05, 3.63) is 35.4 Å². The fourth-order valence-corrected chi connectivity index (χ4v) is 3.60. The minimum absolute atomic E-state index is 0.549. The smallest absolute Gasteiger partial charge is 0.0240 e. The number of hydrogen-bond acceptors (Lipinski definition) is 1. The molecule has 2 heteroatoms. The van der Waals surface area contributed by atoms with Gasteiger partial charge < -0.3 is 0 Å². The molecular weight excluding hydrogens is 216 g/mol. The minimum Gasteiger partial charge on any atom is -0.260 e. The lowest BCUT2D eigenvalue weighted by molar-refractivity contribution is 0.604. The molecule has 0 saturated carbocycles. The molecule has 0 bridgehead atoms. The summed E-state index contributed by atoms with van der Waals surface area (Å²) >= 11 is 0. The molecule has 0 aliphatic carbocycles. The summed E-state index contributed by atoms with van der Waals surface area (Å²) in [7, 11) is -0.549. The molecule has 0 N–H and O–H groups in total. The summed E-state index contributed by atoms with van der Waals surface area (Å²) in [6.07, 6.45) is 2.18. The van der Waals surface area contributed by atoms with E-state index >= 15 is 0 Å². The highest BCUT2D eigenvalue weighted by Gasteiger charge is 2.19. The van der Waals surface area contributed by atoms with E-state index in [0.29, 0.717) is 11.8 Å².